The van der Waals surface area contributed by atoms with Crippen LogP contribution in [-0.2, 0) is 0 Å². The van der Waals surface area contributed by atoms with Crippen LogP contribution in [0, 0.1) is 34.0 Å². The fraction of sp³-hybridized carbons (Fsp3) is 0. The number of rotatable bonds is 9. The van der Waals surface area contributed by atoms with Gasteiger partial charge in [-0.1, -0.05) is 146 Å². The summed E-state index contributed by atoms with van der Waals surface area (Å²) in [6.07, 6.45) is 0. The smallest absolute Gasteiger partial charge is 0.160 e. The van der Waals surface area contributed by atoms with E-state index in [0.717, 1.165) is 116 Å². The van der Waals surface area contributed by atoms with E-state index in [1.165, 1.54) is 21.5 Å². The fourth-order valence-corrected chi connectivity index (χ4v) is 14.4. The Bertz CT molecular complexity index is 5970. The summed E-state index contributed by atoms with van der Waals surface area (Å²) in [6.45, 7) is 0. The summed E-state index contributed by atoms with van der Waals surface area (Å²) in [7, 11) is 0. The average molecular weight is 1200 g/mol. The number of hydrogen-bond donors (Lipinski definition) is 0. The van der Waals surface area contributed by atoms with Gasteiger partial charge >= 0.3 is 0 Å². The van der Waals surface area contributed by atoms with E-state index in [1.54, 1.807) is 12.1 Å². The van der Waals surface area contributed by atoms with Gasteiger partial charge in [-0.05, 0) is 174 Å². The Labute approximate surface area is 539 Å². The highest BCUT2D eigenvalue weighted by atomic mass is 15.0. The third-order valence-corrected chi connectivity index (χ3v) is 18.6. The lowest BCUT2D eigenvalue weighted by atomic mass is 10.0. The van der Waals surface area contributed by atoms with Gasteiger partial charge in [0.1, 0.15) is 0 Å². The van der Waals surface area contributed by atoms with Crippen LogP contribution in [0.2, 0.25) is 0 Å². The van der Waals surface area contributed by atoms with Crippen LogP contribution >= 0.6 is 0 Å². The van der Waals surface area contributed by atoms with E-state index in [1.807, 2.05) is 42.5 Å². The minimum Gasteiger partial charge on any atom is -0.309 e. The van der Waals surface area contributed by atoms with Crippen molar-refractivity contribution in [1.82, 2.24) is 28.2 Å². The van der Waals surface area contributed by atoms with Crippen molar-refractivity contribution in [3.8, 4) is 97.1 Å². The average Bonchev–Trinajstić information content (AvgIpc) is 1.60. The number of nitriles is 3. The van der Waals surface area contributed by atoms with Crippen LogP contribution in [0.15, 0.2) is 297 Å². The number of aromatic nitrogens is 6. The molecule has 0 amide bonds. The molecule has 5 aromatic heterocycles. The highest BCUT2D eigenvalue weighted by molar-refractivity contribution is 6.15. The molecular formula is C85H49N9. The molecule has 0 radical (unpaired) electrons. The molecule has 5 heterocycles. The first kappa shape index (κ1) is 53.6. The van der Waals surface area contributed by atoms with Crippen LogP contribution in [0.1, 0.15) is 16.7 Å². The summed E-state index contributed by atoms with van der Waals surface area (Å²) in [5.41, 5.74) is 21.5. The van der Waals surface area contributed by atoms with Crippen LogP contribution in [0.5, 0.6) is 0 Å². The highest BCUT2D eigenvalue weighted by Gasteiger charge is 2.22. The van der Waals surface area contributed by atoms with Gasteiger partial charge in [0.15, 0.2) is 5.82 Å². The standard InChI is InChI=1S/C85H49N9/c86-50-53-27-29-56(30-28-53)75-49-76(61-39-54(51-87)41-65(43-61)93-79-25-13-9-21-69(79)73-47-59(33-37-83(73)93)57-31-35-81-71(45-57)67-19-7-11-23-77(67)91(81)63-15-3-1-4-16-63)90-85(89-75)62-40-55(52-88)42-66(44-62)94-80-26-14-10-22-70(80)74-48-60(34-38-84(74)94)58-32-36-82-72(46-58)68-20-8-12-24-78(68)92(82)64-17-5-2-6-18-64/h1-49H. The number of fused-ring (bicyclic) bond motifs is 12. The van der Waals surface area contributed by atoms with E-state index in [-0.39, 0.29) is 0 Å². The second-order valence-corrected chi connectivity index (χ2v) is 23.9. The molecule has 9 heteroatoms. The summed E-state index contributed by atoms with van der Waals surface area (Å²) in [6, 6.07) is 110. The minimum atomic E-state index is 0.387. The zero-order chi connectivity index (χ0) is 62.5. The van der Waals surface area contributed by atoms with Crippen LogP contribution in [-0.4, -0.2) is 28.2 Å². The van der Waals surface area contributed by atoms with Gasteiger partial charge in [-0.2, -0.15) is 15.8 Å². The van der Waals surface area contributed by atoms with Crippen molar-refractivity contribution in [2.45, 2.75) is 0 Å². The van der Waals surface area contributed by atoms with Gasteiger partial charge in [0, 0.05) is 82.5 Å². The normalized spacial score (nSPS) is 11.6. The molecule has 0 aliphatic heterocycles. The van der Waals surface area contributed by atoms with E-state index in [9.17, 15) is 15.8 Å². The summed E-state index contributed by atoms with van der Waals surface area (Å²) >= 11 is 0. The fourth-order valence-electron chi connectivity index (χ4n) is 14.4. The minimum absolute atomic E-state index is 0.387. The molecule has 0 atom stereocenters. The van der Waals surface area contributed by atoms with Gasteiger partial charge in [-0.3, -0.25) is 0 Å². The molecule has 0 unspecified atom stereocenters. The summed E-state index contributed by atoms with van der Waals surface area (Å²) in [4.78, 5) is 10.7. The molecule has 0 spiro atoms. The van der Waals surface area contributed by atoms with Gasteiger partial charge in [-0.15, -0.1) is 0 Å². The first-order chi connectivity index (χ1) is 46.4. The lowest BCUT2D eigenvalue weighted by molar-refractivity contribution is 1.15. The second-order valence-electron chi connectivity index (χ2n) is 23.9. The van der Waals surface area contributed by atoms with E-state index in [0.29, 0.717) is 45.0 Å². The van der Waals surface area contributed by atoms with E-state index >= 15 is 0 Å². The van der Waals surface area contributed by atoms with Crippen molar-refractivity contribution in [2.75, 3.05) is 0 Å². The number of benzene rings is 13. The van der Waals surface area contributed by atoms with Crippen LogP contribution in [0.3, 0.4) is 0 Å². The molecule has 0 bridgehead atoms. The van der Waals surface area contributed by atoms with Crippen LogP contribution < -0.4 is 0 Å². The molecule has 0 saturated heterocycles. The zero-order valence-electron chi connectivity index (χ0n) is 50.3. The van der Waals surface area contributed by atoms with Crippen molar-refractivity contribution >= 4 is 87.2 Å². The molecule has 9 nitrogen and oxygen atoms in total. The van der Waals surface area contributed by atoms with E-state index in [2.05, 4.69) is 279 Å². The topological polar surface area (TPSA) is 117 Å². The maximum atomic E-state index is 10.9. The summed E-state index contributed by atoms with van der Waals surface area (Å²) in [5, 5.41) is 40.7. The van der Waals surface area contributed by atoms with Gasteiger partial charge in [0.05, 0.1) is 90.4 Å². The molecule has 0 saturated carbocycles. The van der Waals surface area contributed by atoms with Crippen molar-refractivity contribution < 1.29 is 0 Å². The quantitative estimate of drug-likeness (QED) is 0.143. The number of hydrogen-bond acceptors (Lipinski definition) is 5. The largest absolute Gasteiger partial charge is 0.309 e. The van der Waals surface area contributed by atoms with Gasteiger partial charge in [0.2, 0.25) is 0 Å². The Hall–Kier alpha value is -13.4. The molecule has 94 heavy (non-hydrogen) atoms. The molecule has 434 valence electrons. The zero-order valence-corrected chi connectivity index (χ0v) is 50.3. The Kier molecular flexibility index (Phi) is 12.2. The molecule has 0 aliphatic carbocycles. The molecule has 0 N–H and O–H groups in total. The Balaban J connectivity index is 0.761. The van der Waals surface area contributed by atoms with Crippen molar-refractivity contribution in [3.05, 3.63) is 314 Å². The summed E-state index contributed by atoms with van der Waals surface area (Å²) < 4.78 is 9.14. The third kappa shape index (κ3) is 8.60. The van der Waals surface area contributed by atoms with Crippen LogP contribution in [0.4, 0.5) is 0 Å². The Morgan fingerprint density at radius 3 is 0.904 bits per heavy atom. The molecule has 0 fully saturated rings. The molecule has 18 rings (SSSR count). The molecular weight excluding hydrogens is 1150 g/mol. The Morgan fingerprint density at radius 1 is 0.213 bits per heavy atom. The highest BCUT2D eigenvalue weighted by Crippen LogP contribution is 2.43. The lowest BCUT2D eigenvalue weighted by Crippen LogP contribution is -2.00. The van der Waals surface area contributed by atoms with Crippen molar-refractivity contribution in [2.24, 2.45) is 0 Å². The molecule has 13 aromatic carbocycles. The van der Waals surface area contributed by atoms with Gasteiger partial charge < -0.3 is 18.3 Å². The molecule has 0 aliphatic rings. The van der Waals surface area contributed by atoms with E-state index < -0.39 is 0 Å². The van der Waals surface area contributed by atoms with Gasteiger partial charge in [0.25, 0.3) is 0 Å². The third-order valence-electron chi connectivity index (χ3n) is 18.6. The van der Waals surface area contributed by atoms with E-state index in [4.69, 9.17) is 9.97 Å². The first-order valence-corrected chi connectivity index (χ1v) is 31.2. The number of para-hydroxylation sites is 6. The van der Waals surface area contributed by atoms with Crippen molar-refractivity contribution in [1.29, 1.82) is 15.8 Å². The SMILES string of the molecule is N#Cc1ccc(-c2cc(-c3cc(C#N)cc(-n4c5ccccc5c5cc(-c6ccc7c(c6)c6ccccc6n7-c6ccccc6)ccc54)c3)nc(-c3cc(C#N)cc(-n4c5ccccc5c5cc(-c6ccc7c(c6)c6ccccc6n7-c6ccccc6)ccc54)c3)n2)cc1. The maximum Gasteiger partial charge on any atom is 0.160 e. The predicted octanol–water partition coefficient (Wildman–Crippen LogP) is 20.8. The Morgan fingerprint density at radius 2 is 0.521 bits per heavy atom. The van der Waals surface area contributed by atoms with Gasteiger partial charge in [-0.25, -0.2) is 9.97 Å². The first-order valence-electron chi connectivity index (χ1n) is 31.2. The maximum absolute atomic E-state index is 10.9. The predicted molar refractivity (Wildman–Crippen MR) is 381 cm³/mol. The monoisotopic (exact) mass is 1200 g/mol. The van der Waals surface area contributed by atoms with Crippen LogP contribution in [0.25, 0.3) is 166 Å². The lowest BCUT2D eigenvalue weighted by Gasteiger charge is -2.14. The second kappa shape index (κ2) is 21.4. The number of nitrogens with zero attached hydrogens (tertiary/aromatic N) is 9. The summed E-state index contributed by atoms with van der Waals surface area (Å²) in [5.74, 6) is 0.387. The molecule has 18 aromatic rings. The van der Waals surface area contributed by atoms with Crippen molar-refractivity contribution in [3.63, 3.8) is 0 Å².